The summed E-state index contributed by atoms with van der Waals surface area (Å²) in [5.41, 5.74) is 1.19. The summed E-state index contributed by atoms with van der Waals surface area (Å²) in [7, 11) is 3.06. The predicted molar refractivity (Wildman–Crippen MR) is 157 cm³/mol. The maximum atomic E-state index is 14.1. The number of anilines is 1. The lowest BCUT2D eigenvalue weighted by atomic mass is 9.83. The van der Waals surface area contributed by atoms with Crippen LogP contribution in [0, 0.1) is 5.92 Å². The first kappa shape index (κ1) is 28.0. The molecule has 0 aliphatic carbocycles. The number of hydrogen-bond acceptors (Lipinski definition) is 9. The molecular weight excluding hydrogens is 634 g/mol. The predicted octanol–water partition coefficient (Wildman–Crippen LogP) is 3.34. The summed E-state index contributed by atoms with van der Waals surface area (Å²) in [4.78, 5) is 57.7. The van der Waals surface area contributed by atoms with Gasteiger partial charge in [-0.25, -0.2) is 4.90 Å². The van der Waals surface area contributed by atoms with Crippen LogP contribution in [0.4, 0.5) is 5.69 Å². The Bertz CT molecular complexity index is 1580. The van der Waals surface area contributed by atoms with Crippen molar-refractivity contribution in [3.63, 3.8) is 0 Å². The monoisotopic (exact) mass is 659 g/mol. The minimum Gasteiger partial charge on any atom is -0.493 e. The van der Waals surface area contributed by atoms with Crippen LogP contribution < -0.4 is 19.2 Å². The molecule has 3 atom stereocenters. The molecule has 3 aliphatic heterocycles. The largest absolute Gasteiger partial charge is 0.493 e. The number of methoxy groups -OCH3 is 2. The first-order valence-corrected chi connectivity index (χ1v) is 15.4. The number of rotatable bonds is 6. The molecule has 3 amide bonds. The van der Waals surface area contributed by atoms with Gasteiger partial charge in [0.2, 0.25) is 17.7 Å². The average molecular weight is 661 g/mol. The molecule has 2 aromatic carbocycles. The maximum Gasteiger partial charge on any atom is 0.308 e. The SMILES string of the molecule is COc1ccc([C@@H]2c3sc(=O)n(CC(=O)N4CCOCC4)c3S[C@@H]3C(=O)N(c4ccc(Br)cc4)C(=O)[C@H]23)cc1OC. The van der Waals surface area contributed by atoms with Crippen molar-refractivity contribution in [1.82, 2.24) is 9.47 Å². The first-order valence-electron chi connectivity index (χ1n) is 12.9. The number of hydrogen-bond donors (Lipinski definition) is 0. The number of ether oxygens (including phenoxy) is 3. The molecule has 13 heteroatoms. The van der Waals surface area contributed by atoms with Gasteiger partial charge in [-0.05, 0) is 42.0 Å². The Morgan fingerprint density at radius 3 is 2.39 bits per heavy atom. The number of amides is 3. The van der Waals surface area contributed by atoms with Gasteiger partial charge in [0.15, 0.2) is 11.5 Å². The third-order valence-corrected chi connectivity index (χ3v) is 10.7. The lowest BCUT2D eigenvalue weighted by Gasteiger charge is -2.31. The Morgan fingerprint density at radius 2 is 1.71 bits per heavy atom. The van der Waals surface area contributed by atoms with Crippen molar-refractivity contribution < 1.29 is 28.6 Å². The molecule has 2 fully saturated rings. The summed E-state index contributed by atoms with van der Waals surface area (Å²) in [6, 6.07) is 12.4. The van der Waals surface area contributed by atoms with E-state index in [4.69, 9.17) is 14.2 Å². The number of benzene rings is 2. The number of aromatic nitrogens is 1. The van der Waals surface area contributed by atoms with Crippen molar-refractivity contribution in [3.8, 4) is 11.5 Å². The van der Waals surface area contributed by atoms with E-state index < -0.39 is 17.1 Å². The zero-order chi connectivity index (χ0) is 28.8. The molecular formula is C28H26BrN3O7S2. The van der Waals surface area contributed by atoms with Gasteiger partial charge in [0.05, 0.1) is 44.1 Å². The molecule has 0 bridgehead atoms. The van der Waals surface area contributed by atoms with Gasteiger partial charge in [-0.3, -0.25) is 23.7 Å². The van der Waals surface area contributed by atoms with E-state index in [-0.39, 0.29) is 29.1 Å². The highest BCUT2D eigenvalue weighted by atomic mass is 79.9. The van der Waals surface area contributed by atoms with Gasteiger partial charge in [0.25, 0.3) is 0 Å². The van der Waals surface area contributed by atoms with Crippen LogP contribution in [0.5, 0.6) is 11.5 Å². The fourth-order valence-corrected chi connectivity index (χ4v) is 8.59. The Morgan fingerprint density at radius 1 is 1.00 bits per heavy atom. The lowest BCUT2D eigenvalue weighted by Crippen LogP contribution is -2.43. The second-order valence-electron chi connectivity index (χ2n) is 9.76. The molecule has 4 heterocycles. The van der Waals surface area contributed by atoms with Gasteiger partial charge in [0, 0.05) is 28.4 Å². The van der Waals surface area contributed by atoms with Crippen LogP contribution in [-0.4, -0.2) is 73.0 Å². The van der Waals surface area contributed by atoms with Crippen molar-refractivity contribution >= 4 is 62.4 Å². The van der Waals surface area contributed by atoms with Crippen molar-refractivity contribution in [3.05, 3.63) is 67.0 Å². The summed E-state index contributed by atoms with van der Waals surface area (Å²) in [6.45, 7) is 1.67. The van der Waals surface area contributed by atoms with E-state index in [1.165, 1.54) is 35.4 Å². The molecule has 41 heavy (non-hydrogen) atoms. The van der Waals surface area contributed by atoms with Crippen LogP contribution in [0.25, 0.3) is 0 Å². The minimum absolute atomic E-state index is 0.147. The van der Waals surface area contributed by atoms with Crippen LogP contribution >= 0.6 is 39.0 Å². The molecule has 6 rings (SSSR count). The summed E-state index contributed by atoms with van der Waals surface area (Å²) in [5, 5.41) is -0.239. The van der Waals surface area contributed by atoms with E-state index in [0.29, 0.717) is 59.0 Å². The number of carbonyl (C=O) groups excluding carboxylic acids is 3. The Labute approximate surface area is 252 Å². The number of fused-ring (bicyclic) bond motifs is 2. The van der Waals surface area contributed by atoms with Crippen LogP contribution in [0.1, 0.15) is 16.4 Å². The number of thiazole rings is 1. The number of carbonyl (C=O) groups is 3. The van der Waals surface area contributed by atoms with Crippen LogP contribution in [0.2, 0.25) is 0 Å². The molecule has 0 saturated carbocycles. The quantitative estimate of drug-likeness (QED) is 0.371. The third-order valence-electron chi connectivity index (χ3n) is 7.56. The van der Waals surface area contributed by atoms with E-state index >= 15 is 0 Å². The van der Waals surface area contributed by atoms with Crippen molar-refractivity contribution in [2.75, 3.05) is 45.4 Å². The highest BCUT2D eigenvalue weighted by molar-refractivity contribution is 9.10. The normalized spacial score (nSPS) is 22.0. The zero-order valence-electron chi connectivity index (χ0n) is 22.2. The highest BCUT2D eigenvalue weighted by Gasteiger charge is 2.57. The molecule has 3 aliphatic rings. The Kier molecular flexibility index (Phi) is 7.70. The highest BCUT2D eigenvalue weighted by Crippen LogP contribution is 2.54. The van der Waals surface area contributed by atoms with Crippen molar-refractivity contribution in [1.29, 1.82) is 0 Å². The number of imide groups is 1. The molecule has 2 saturated heterocycles. The molecule has 0 spiro atoms. The Hall–Kier alpha value is -3.13. The van der Waals surface area contributed by atoms with Crippen molar-refractivity contribution in [2.24, 2.45) is 5.92 Å². The van der Waals surface area contributed by atoms with E-state index in [1.54, 1.807) is 41.3 Å². The average Bonchev–Trinajstić information content (AvgIpc) is 3.43. The van der Waals surface area contributed by atoms with Crippen molar-refractivity contribution in [2.45, 2.75) is 22.7 Å². The lowest BCUT2D eigenvalue weighted by molar-refractivity contribution is -0.136. The number of halogens is 1. The smallest absolute Gasteiger partial charge is 0.308 e. The van der Waals surface area contributed by atoms with E-state index in [0.717, 1.165) is 15.8 Å². The summed E-state index contributed by atoms with van der Waals surface area (Å²) in [6.07, 6.45) is 0. The van der Waals surface area contributed by atoms with Gasteiger partial charge in [-0.15, -0.1) is 0 Å². The molecule has 10 nitrogen and oxygen atoms in total. The minimum atomic E-state index is -0.782. The standard InChI is InChI=1S/C28H26BrN3O7S2/c1-37-18-8-3-15(13-19(18)38-2)21-22-23(26(35)32(25(22)34)17-6-4-16(29)5-7-17)40-27-24(21)41-28(36)31(27)14-20(33)30-9-11-39-12-10-30/h3-8,13,21-23H,9-12,14H2,1-2H3/t21-,22+,23-/m0/s1. The van der Waals surface area contributed by atoms with Gasteiger partial charge >= 0.3 is 4.87 Å². The number of morpholine rings is 1. The van der Waals surface area contributed by atoms with Gasteiger partial charge < -0.3 is 19.1 Å². The van der Waals surface area contributed by atoms with Crippen LogP contribution in [-0.2, 0) is 25.7 Å². The second-order valence-corrected chi connectivity index (χ2v) is 12.8. The van der Waals surface area contributed by atoms with Gasteiger partial charge in [-0.1, -0.05) is 45.1 Å². The van der Waals surface area contributed by atoms with E-state index in [1.807, 2.05) is 6.07 Å². The molecule has 3 aromatic rings. The van der Waals surface area contributed by atoms with Crippen LogP contribution in [0.3, 0.4) is 0 Å². The summed E-state index contributed by atoms with van der Waals surface area (Å²) >= 11 is 5.61. The summed E-state index contributed by atoms with van der Waals surface area (Å²) in [5.74, 6) is -1.26. The fourth-order valence-electron chi connectivity index (χ4n) is 5.55. The van der Waals surface area contributed by atoms with E-state index in [9.17, 15) is 19.2 Å². The molecule has 214 valence electrons. The maximum absolute atomic E-state index is 14.1. The molecule has 0 radical (unpaired) electrons. The number of nitrogens with zero attached hydrogens (tertiary/aromatic N) is 3. The van der Waals surface area contributed by atoms with Gasteiger partial charge in [-0.2, -0.15) is 0 Å². The zero-order valence-corrected chi connectivity index (χ0v) is 25.4. The topological polar surface area (TPSA) is 107 Å². The number of thioether (sulfide) groups is 1. The summed E-state index contributed by atoms with van der Waals surface area (Å²) < 4.78 is 18.6. The van der Waals surface area contributed by atoms with Gasteiger partial charge in [0.1, 0.15) is 11.8 Å². The Balaban J connectivity index is 1.46. The molecule has 1 aromatic heterocycles. The van der Waals surface area contributed by atoms with E-state index in [2.05, 4.69) is 15.9 Å². The second kappa shape index (κ2) is 11.3. The third kappa shape index (κ3) is 4.88. The molecule has 0 unspecified atom stereocenters. The fraction of sp³-hybridized carbons (Fsp3) is 0.357. The van der Waals surface area contributed by atoms with Crippen LogP contribution in [0.15, 0.2) is 56.8 Å². The first-order chi connectivity index (χ1) is 19.8. The molecule has 0 N–H and O–H groups in total.